The van der Waals surface area contributed by atoms with E-state index in [2.05, 4.69) is 20.9 Å². The summed E-state index contributed by atoms with van der Waals surface area (Å²) in [7, 11) is -3.53. The molecular weight excluding hydrogens is 394 g/mol. The average Bonchev–Trinajstić information content (AvgIpc) is 2.91. The second kappa shape index (κ2) is 6.19. The minimum absolute atomic E-state index is 0.303. The molecule has 0 bridgehead atoms. The molecule has 1 heterocycles. The first kappa shape index (κ1) is 16.4. The van der Waals surface area contributed by atoms with Crippen molar-refractivity contribution in [3.05, 3.63) is 64.3 Å². The third-order valence-corrected chi connectivity index (χ3v) is 7.53. The highest BCUT2D eigenvalue weighted by atomic mass is 79.9. The molecule has 0 unspecified atom stereocenters. The molecule has 118 valence electrons. The molecule has 0 radical (unpaired) electrons. The van der Waals surface area contributed by atoms with Crippen molar-refractivity contribution in [2.24, 2.45) is 0 Å². The van der Waals surface area contributed by atoms with E-state index in [1.165, 1.54) is 11.3 Å². The molecule has 0 saturated carbocycles. The highest BCUT2D eigenvalue weighted by molar-refractivity contribution is 9.10. The predicted octanol–water partition coefficient (Wildman–Crippen LogP) is 5.02. The lowest BCUT2D eigenvalue weighted by atomic mass is 10.2. The summed E-state index contributed by atoms with van der Waals surface area (Å²) in [6, 6.07) is 14.6. The van der Waals surface area contributed by atoms with Crippen molar-refractivity contribution in [1.29, 1.82) is 0 Å². The largest absolute Gasteiger partial charge is 0.240 e. The summed E-state index contributed by atoms with van der Waals surface area (Å²) in [4.78, 5) is 4.75. The Bertz CT molecular complexity index is 943. The molecule has 0 N–H and O–H groups in total. The van der Waals surface area contributed by atoms with Crippen LogP contribution in [0.15, 0.2) is 62.1 Å². The van der Waals surface area contributed by atoms with Gasteiger partial charge in [-0.3, -0.25) is 0 Å². The number of aryl methyl sites for hydroxylation is 2. The van der Waals surface area contributed by atoms with Crippen LogP contribution >= 0.6 is 27.3 Å². The molecule has 6 heteroatoms. The lowest BCUT2D eigenvalue weighted by Crippen LogP contribution is -2.01. The first-order valence-corrected chi connectivity index (χ1v) is 10.0. The molecule has 0 aliphatic rings. The molecule has 3 rings (SSSR count). The molecule has 3 aromatic rings. The monoisotopic (exact) mass is 407 g/mol. The molecule has 0 aliphatic carbocycles. The summed E-state index contributed by atoms with van der Waals surface area (Å²) in [5, 5.41) is 0.709. The second-order valence-corrected chi connectivity index (χ2v) is 9.27. The molecule has 23 heavy (non-hydrogen) atoms. The van der Waals surface area contributed by atoms with E-state index in [1.54, 1.807) is 31.2 Å². The van der Waals surface area contributed by atoms with E-state index in [1.807, 2.05) is 31.2 Å². The van der Waals surface area contributed by atoms with Crippen LogP contribution in [0.2, 0.25) is 0 Å². The molecule has 0 amide bonds. The van der Waals surface area contributed by atoms with Gasteiger partial charge in [0, 0.05) is 10.0 Å². The number of thiazole rings is 1. The van der Waals surface area contributed by atoms with Crippen LogP contribution in [0.25, 0.3) is 10.6 Å². The summed E-state index contributed by atoms with van der Waals surface area (Å²) in [6.45, 7) is 3.67. The summed E-state index contributed by atoms with van der Waals surface area (Å²) in [5.41, 5.74) is 2.47. The highest BCUT2D eigenvalue weighted by Gasteiger charge is 2.24. The van der Waals surface area contributed by atoms with E-state index in [4.69, 9.17) is 0 Å². The van der Waals surface area contributed by atoms with E-state index >= 15 is 0 Å². The fraction of sp³-hybridized carbons (Fsp3) is 0.118. The Balaban J connectivity index is 2.07. The normalized spacial score (nSPS) is 11.6. The first-order valence-electron chi connectivity index (χ1n) is 6.93. The van der Waals surface area contributed by atoms with Gasteiger partial charge in [-0.05, 0) is 38.1 Å². The quantitative estimate of drug-likeness (QED) is 0.611. The maximum atomic E-state index is 12.8. The van der Waals surface area contributed by atoms with Crippen molar-refractivity contribution in [1.82, 2.24) is 4.98 Å². The van der Waals surface area contributed by atoms with Crippen molar-refractivity contribution >= 4 is 37.1 Å². The summed E-state index contributed by atoms with van der Waals surface area (Å²) in [5.74, 6) is 0. The number of benzene rings is 2. The van der Waals surface area contributed by atoms with Crippen LogP contribution in [0, 0.1) is 13.8 Å². The summed E-state index contributed by atoms with van der Waals surface area (Å²) >= 11 is 4.60. The van der Waals surface area contributed by atoms with Crippen LogP contribution < -0.4 is 0 Å². The van der Waals surface area contributed by atoms with E-state index in [9.17, 15) is 8.42 Å². The molecule has 2 aromatic carbocycles. The molecule has 0 fully saturated rings. The predicted molar refractivity (Wildman–Crippen MR) is 96.6 cm³/mol. The second-order valence-electron chi connectivity index (χ2n) is 5.22. The van der Waals surface area contributed by atoms with Gasteiger partial charge in [0.15, 0.2) is 0 Å². The lowest BCUT2D eigenvalue weighted by Gasteiger charge is -2.03. The molecule has 0 spiro atoms. The Morgan fingerprint density at radius 1 is 0.957 bits per heavy atom. The zero-order valence-electron chi connectivity index (χ0n) is 12.6. The minimum atomic E-state index is -3.53. The molecule has 1 aromatic heterocycles. The van der Waals surface area contributed by atoms with Crippen LogP contribution in [0.4, 0.5) is 0 Å². The zero-order chi connectivity index (χ0) is 16.6. The first-order chi connectivity index (χ1) is 10.9. The number of halogens is 1. The Hall–Kier alpha value is -1.50. The van der Waals surface area contributed by atoms with E-state index < -0.39 is 9.84 Å². The van der Waals surface area contributed by atoms with Gasteiger partial charge in [-0.15, -0.1) is 11.3 Å². The van der Waals surface area contributed by atoms with Gasteiger partial charge in [-0.2, -0.15) is 0 Å². The van der Waals surface area contributed by atoms with Crippen molar-refractivity contribution in [2.75, 3.05) is 0 Å². The number of hydrogen-bond donors (Lipinski definition) is 0. The Morgan fingerprint density at radius 3 is 2.17 bits per heavy atom. The van der Waals surface area contributed by atoms with Crippen molar-refractivity contribution < 1.29 is 8.42 Å². The van der Waals surface area contributed by atoms with E-state index in [0.717, 1.165) is 15.6 Å². The van der Waals surface area contributed by atoms with Crippen LogP contribution in [-0.4, -0.2) is 13.4 Å². The minimum Gasteiger partial charge on any atom is -0.240 e. The van der Waals surface area contributed by atoms with Crippen LogP contribution in [0.3, 0.4) is 0 Å². The van der Waals surface area contributed by atoms with Gasteiger partial charge in [0.2, 0.25) is 9.84 Å². The smallest absolute Gasteiger partial charge is 0.217 e. The van der Waals surface area contributed by atoms with E-state index in [0.29, 0.717) is 19.8 Å². The number of aromatic nitrogens is 1. The van der Waals surface area contributed by atoms with E-state index in [-0.39, 0.29) is 0 Å². The number of nitrogens with zero attached hydrogens (tertiary/aromatic N) is 1. The Labute approximate surface area is 148 Å². The third kappa shape index (κ3) is 3.24. The van der Waals surface area contributed by atoms with Gasteiger partial charge in [0.05, 0.1) is 10.6 Å². The molecule has 0 atom stereocenters. The maximum absolute atomic E-state index is 12.8. The third-order valence-electron chi connectivity index (χ3n) is 3.42. The number of hydrogen-bond acceptors (Lipinski definition) is 4. The zero-order valence-corrected chi connectivity index (χ0v) is 15.8. The van der Waals surface area contributed by atoms with Gasteiger partial charge in [0.25, 0.3) is 0 Å². The molecular formula is C17H14BrNO2S2. The van der Waals surface area contributed by atoms with Gasteiger partial charge in [0.1, 0.15) is 9.22 Å². The van der Waals surface area contributed by atoms with Crippen LogP contribution in [0.1, 0.15) is 11.3 Å². The van der Waals surface area contributed by atoms with Crippen LogP contribution in [0.5, 0.6) is 0 Å². The molecule has 0 saturated heterocycles. The maximum Gasteiger partial charge on any atom is 0.217 e. The topological polar surface area (TPSA) is 47.0 Å². The number of sulfone groups is 1. The van der Waals surface area contributed by atoms with Gasteiger partial charge < -0.3 is 0 Å². The summed E-state index contributed by atoms with van der Waals surface area (Å²) < 4.78 is 26.9. The van der Waals surface area contributed by atoms with Crippen LogP contribution in [-0.2, 0) is 9.84 Å². The average molecular weight is 408 g/mol. The van der Waals surface area contributed by atoms with Gasteiger partial charge in [-0.25, -0.2) is 13.4 Å². The van der Waals surface area contributed by atoms with Crippen molar-refractivity contribution in [3.63, 3.8) is 0 Å². The Kier molecular flexibility index (Phi) is 4.40. The number of rotatable bonds is 3. The highest BCUT2D eigenvalue weighted by Crippen LogP contribution is 2.34. The SMILES string of the molecule is Cc1ccc(S(=O)(=O)c2sc(-c3ccc(Br)cc3)nc2C)cc1. The molecule has 0 aliphatic heterocycles. The Morgan fingerprint density at radius 2 is 1.57 bits per heavy atom. The van der Waals surface area contributed by atoms with Gasteiger partial charge in [-0.1, -0.05) is 45.8 Å². The van der Waals surface area contributed by atoms with Crippen molar-refractivity contribution in [3.8, 4) is 10.6 Å². The van der Waals surface area contributed by atoms with Crippen molar-refractivity contribution in [2.45, 2.75) is 23.0 Å². The standard InChI is InChI=1S/C17H14BrNO2S2/c1-11-3-9-15(10-4-11)23(20,21)17-12(2)19-16(22-17)13-5-7-14(18)8-6-13/h3-10H,1-2H3. The molecule has 3 nitrogen and oxygen atoms in total. The lowest BCUT2D eigenvalue weighted by molar-refractivity contribution is 0.597. The summed E-state index contributed by atoms with van der Waals surface area (Å²) in [6.07, 6.45) is 0. The van der Waals surface area contributed by atoms with Gasteiger partial charge >= 0.3 is 0 Å². The fourth-order valence-electron chi connectivity index (χ4n) is 2.17. The fourth-order valence-corrected chi connectivity index (χ4v) is 5.35.